The average Bonchev–Trinajstić information content (AvgIpc) is 2.12. The highest BCUT2D eigenvalue weighted by molar-refractivity contribution is 5.71. The molecule has 0 aromatic carbocycles. The number of rotatable bonds is 7. The van der Waals surface area contributed by atoms with Gasteiger partial charge in [0.1, 0.15) is 0 Å². The van der Waals surface area contributed by atoms with E-state index in [4.69, 9.17) is 4.74 Å². The molecule has 0 atom stereocenters. The first kappa shape index (κ1) is 11.9. The summed E-state index contributed by atoms with van der Waals surface area (Å²) in [6.45, 7) is 10.5. The van der Waals surface area contributed by atoms with Crippen LogP contribution in [-0.4, -0.2) is 25.7 Å². The van der Waals surface area contributed by atoms with Crippen LogP contribution in [0.15, 0.2) is 24.8 Å². The molecule has 0 unspecified atom stereocenters. The van der Waals surface area contributed by atoms with Crippen LogP contribution in [0.2, 0.25) is 0 Å². The van der Waals surface area contributed by atoms with Gasteiger partial charge in [-0.3, -0.25) is 4.79 Å². The number of hydrogen-bond donors (Lipinski definition) is 1. The molecule has 0 saturated heterocycles. The van der Waals surface area contributed by atoms with Crippen molar-refractivity contribution in [3.8, 4) is 0 Å². The van der Waals surface area contributed by atoms with E-state index in [0.29, 0.717) is 6.61 Å². The van der Waals surface area contributed by atoms with Gasteiger partial charge >= 0.3 is 5.97 Å². The van der Waals surface area contributed by atoms with Gasteiger partial charge in [0.2, 0.25) is 0 Å². The van der Waals surface area contributed by atoms with Gasteiger partial charge in [0.25, 0.3) is 0 Å². The molecular formula is C10H17NO2. The minimum atomic E-state index is -0.216. The zero-order valence-corrected chi connectivity index (χ0v) is 8.14. The number of carbonyl (C=O) groups is 1. The molecule has 1 N–H and O–H groups in total. The van der Waals surface area contributed by atoms with E-state index in [1.54, 1.807) is 13.0 Å². The van der Waals surface area contributed by atoms with Crippen LogP contribution in [0, 0.1) is 0 Å². The molecule has 0 rings (SSSR count). The van der Waals surface area contributed by atoms with Crippen LogP contribution in [0.5, 0.6) is 0 Å². The van der Waals surface area contributed by atoms with Crippen molar-refractivity contribution in [3.63, 3.8) is 0 Å². The second kappa shape index (κ2) is 7.55. The Hall–Kier alpha value is -1.09. The van der Waals surface area contributed by atoms with Crippen molar-refractivity contribution >= 4 is 5.97 Å². The summed E-state index contributed by atoms with van der Waals surface area (Å²) < 4.78 is 4.73. The zero-order chi connectivity index (χ0) is 10.1. The molecule has 0 aliphatic carbocycles. The molecule has 0 amide bonds. The van der Waals surface area contributed by atoms with Gasteiger partial charge in [-0.05, 0) is 19.9 Å². The number of carbonyl (C=O) groups excluding carboxylic acids is 1. The minimum absolute atomic E-state index is 0.216. The lowest BCUT2D eigenvalue weighted by molar-refractivity contribution is -0.141. The van der Waals surface area contributed by atoms with Gasteiger partial charge in [0.05, 0.1) is 13.2 Å². The Morgan fingerprint density at radius 1 is 1.62 bits per heavy atom. The summed E-state index contributed by atoms with van der Waals surface area (Å²) >= 11 is 0. The van der Waals surface area contributed by atoms with E-state index in [-0.39, 0.29) is 12.5 Å². The van der Waals surface area contributed by atoms with E-state index in [9.17, 15) is 4.79 Å². The maximum absolute atomic E-state index is 10.8. The van der Waals surface area contributed by atoms with Gasteiger partial charge in [-0.2, -0.15) is 0 Å². The van der Waals surface area contributed by atoms with Gasteiger partial charge < -0.3 is 10.1 Å². The minimum Gasteiger partial charge on any atom is -0.465 e. The van der Waals surface area contributed by atoms with Crippen molar-refractivity contribution in [2.75, 3.05) is 19.7 Å². The van der Waals surface area contributed by atoms with Crippen molar-refractivity contribution in [2.24, 2.45) is 0 Å². The summed E-state index contributed by atoms with van der Waals surface area (Å²) in [4.78, 5) is 10.8. The van der Waals surface area contributed by atoms with Crippen molar-refractivity contribution in [1.29, 1.82) is 0 Å². The van der Waals surface area contributed by atoms with Crippen LogP contribution in [0.1, 0.15) is 13.3 Å². The smallest absolute Gasteiger partial charge is 0.319 e. The Morgan fingerprint density at radius 2 is 2.31 bits per heavy atom. The number of allylic oxidation sites excluding steroid dienone is 1. The molecule has 0 spiro atoms. The third-order valence-corrected chi connectivity index (χ3v) is 1.49. The highest BCUT2D eigenvalue weighted by Crippen LogP contribution is 1.95. The van der Waals surface area contributed by atoms with Crippen molar-refractivity contribution in [3.05, 3.63) is 24.8 Å². The molecule has 0 aromatic rings. The Bertz CT molecular complexity index is 187. The summed E-state index contributed by atoms with van der Waals surface area (Å²) in [6.07, 6.45) is 2.52. The monoisotopic (exact) mass is 183 g/mol. The molecule has 0 aromatic heterocycles. The topological polar surface area (TPSA) is 38.3 Å². The third kappa shape index (κ3) is 7.28. The predicted molar refractivity (Wildman–Crippen MR) is 53.5 cm³/mol. The standard InChI is InChI=1S/C10H17NO2/c1-4-9(3)6-7-11-8-10(12)13-5-2/h4,11H,1,3,5-8H2,2H3. The van der Waals surface area contributed by atoms with E-state index in [1.807, 2.05) is 0 Å². The zero-order valence-electron chi connectivity index (χ0n) is 8.14. The van der Waals surface area contributed by atoms with Crippen LogP contribution in [0.3, 0.4) is 0 Å². The fourth-order valence-corrected chi connectivity index (χ4v) is 0.753. The Balaban J connectivity index is 3.30. The first-order valence-corrected chi connectivity index (χ1v) is 4.37. The number of hydrogen-bond acceptors (Lipinski definition) is 3. The molecular weight excluding hydrogens is 166 g/mol. The lowest BCUT2D eigenvalue weighted by Gasteiger charge is -2.03. The maximum atomic E-state index is 10.8. The van der Waals surface area contributed by atoms with Gasteiger partial charge in [0, 0.05) is 0 Å². The van der Waals surface area contributed by atoms with E-state index in [2.05, 4.69) is 18.5 Å². The first-order valence-electron chi connectivity index (χ1n) is 4.37. The molecule has 0 saturated carbocycles. The third-order valence-electron chi connectivity index (χ3n) is 1.49. The second-order valence-electron chi connectivity index (χ2n) is 2.59. The van der Waals surface area contributed by atoms with Gasteiger partial charge in [-0.15, -0.1) is 0 Å². The van der Waals surface area contributed by atoms with E-state index in [1.165, 1.54) is 0 Å². The molecule has 3 nitrogen and oxygen atoms in total. The fraction of sp³-hybridized carbons (Fsp3) is 0.500. The molecule has 0 bridgehead atoms. The van der Waals surface area contributed by atoms with E-state index in [0.717, 1.165) is 18.5 Å². The average molecular weight is 183 g/mol. The molecule has 3 heteroatoms. The molecule has 0 radical (unpaired) electrons. The Morgan fingerprint density at radius 3 is 2.85 bits per heavy atom. The summed E-state index contributed by atoms with van der Waals surface area (Å²) in [6, 6.07) is 0. The van der Waals surface area contributed by atoms with E-state index < -0.39 is 0 Å². The van der Waals surface area contributed by atoms with Crippen LogP contribution in [0.4, 0.5) is 0 Å². The number of ether oxygens (including phenoxy) is 1. The van der Waals surface area contributed by atoms with Gasteiger partial charge in [0.15, 0.2) is 0 Å². The lowest BCUT2D eigenvalue weighted by atomic mass is 10.2. The summed E-state index contributed by atoms with van der Waals surface area (Å²) in [5.74, 6) is -0.216. The Kier molecular flexibility index (Phi) is 6.92. The first-order chi connectivity index (χ1) is 6.20. The van der Waals surface area contributed by atoms with Crippen LogP contribution < -0.4 is 5.32 Å². The molecule has 74 valence electrons. The molecule has 0 aliphatic rings. The van der Waals surface area contributed by atoms with Crippen molar-refractivity contribution in [2.45, 2.75) is 13.3 Å². The predicted octanol–water partition coefficient (Wildman–Crippen LogP) is 1.27. The largest absolute Gasteiger partial charge is 0.465 e. The van der Waals surface area contributed by atoms with Crippen LogP contribution in [-0.2, 0) is 9.53 Å². The lowest BCUT2D eigenvalue weighted by Crippen LogP contribution is -2.25. The van der Waals surface area contributed by atoms with Crippen molar-refractivity contribution in [1.82, 2.24) is 5.32 Å². The highest BCUT2D eigenvalue weighted by atomic mass is 16.5. The van der Waals surface area contributed by atoms with Crippen molar-refractivity contribution < 1.29 is 9.53 Å². The summed E-state index contributed by atoms with van der Waals surface area (Å²) in [5, 5.41) is 2.95. The molecule has 0 aliphatic heterocycles. The molecule has 0 fully saturated rings. The SMILES string of the molecule is C=CC(=C)CCNCC(=O)OCC. The van der Waals surface area contributed by atoms with Gasteiger partial charge in [-0.25, -0.2) is 0 Å². The van der Waals surface area contributed by atoms with Gasteiger partial charge in [-0.1, -0.05) is 24.8 Å². The van der Waals surface area contributed by atoms with Crippen LogP contribution in [0.25, 0.3) is 0 Å². The molecule has 13 heavy (non-hydrogen) atoms. The number of esters is 1. The second-order valence-corrected chi connectivity index (χ2v) is 2.59. The summed E-state index contributed by atoms with van der Waals surface area (Å²) in [7, 11) is 0. The quantitative estimate of drug-likeness (QED) is 0.367. The molecule has 0 heterocycles. The maximum Gasteiger partial charge on any atom is 0.319 e. The Labute approximate surface area is 79.5 Å². The number of nitrogens with one attached hydrogen (secondary N) is 1. The highest BCUT2D eigenvalue weighted by Gasteiger charge is 1.98. The normalized spacial score (nSPS) is 9.31. The summed E-state index contributed by atoms with van der Waals surface area (Å²) in [5.41, 5.74) is 0.969. The van der Waals surface area contributed by atoms with E-state index >= 15 is 0 Å². The fourth-order valence-electron chi connectivity index (χ4n) is 0.753. The van der Waals surface area contributed by atoms with Crippen LogP contribution >= 0.6 is 0 Å².